The van der Waals surface area contributed by atoms with Gasteiger partial charge in [0.2, 0.25) is 0 Å². The van der Waals surface area contributed by atoms with E-state index < -0.39 is 9.84 Å². The molecule has 1 aromatic carbocycles. The van der Waals surface area contributed by atoms with Crippen LogP contribution in [0, 0.1) is 12.7 Å². The van der Waals surface area contributed by atoms with Crippen LogP contribution in [0.2, 0.25) is 0 Å². The van der Waals surface area contributed by atoms with Gasteiger partial charge < -0.3 is 4.90 Å². The lowest BCUT2D eigenvalue weighted by Gasteiger charge is -2.17. The Hall–Kier alpha value is -2.81. The Morgan fingerprint density at radius 1 is 1.16 bits per heavy atom. The molecule has 0 aliphatic carbocycles. The number of aryl methyl sites for hydroxylation is 1. The normalized spacial score (nSPS) is 20.6. The van der Waals surface area contributed by atoms with Gasteiger partial charge in [0, 0.05) is 18.7 Å². The van der Waals surface area contributed by atoms with Crippen LogP contribution in [-0.2, 0) is 9.84 Å². The molecular formula is C22H23FN4O3S. The summed E-state index contributed by atoms with van der Waals surface area (Å²) in [4.78, 5) is 20.0. The van der Waals surface area contributed by atoms with E-state index in [2.05, 4.69) is 5.10 Å². The molecule has 5 rings (SSSR count). The van der Waals surface area contributed by atoms with Crippen molar-refractivity contribution in [1.29, 1.82) is 0 Å². The van der Waals surface area contributed by atoms with E-state index in [1.807, 2.05) is 11.8 Å². The van der Waals surface area contributed by atoms with Gasteiger partial charge in [-0.25, -0.2) is 22.5 Å². The predicted octanol–water partition coefficient (Wildman–Crippen LogP) is 3.14. The van der Waals surface area contributed by atoms with E-state index in [1.54, 1.807) is 22.9 Å². The second-order valence-corrected chi connectivity index (χ2v) is 10.6. The number of amides is 1. The first-order chi connectivity index (χ1) is 14.8. The summed E-state index contributed by atoms with van der Waals surface area (Å²) in [5.41, 5.74) is 2.89. The molecule has 0 N–H and O–H groups in total. The molecule has 2 saturated heterocycles. The van der Waals surface area contributed by atoms with Crippen molar-refractivity contribution >= 4 is 26.8 Å². The summed E-state index contributed by atoms with van der Waals surface area (Å²) < 4.78 is 39.3. The van der Waals surface area contributed by atoms with E-state index in [0.717, 1.165) is 12.8 Å². The number of hydrogen-bond acceptors (Lipinski definition) is 5. The number of fused-ring (bicyclic) bond motifs is 1. The summed E-state index contributed by atoms with van der Waals surface area (Å²) in [7, 11) is -3.12. The van der Waals surface area contributed by atoms with Crippen LogP contribution < -0.4 is 0 Å². The van der Waals surface area contributed by atoms with Crippen LogP contribution in [0.3, 0.4) is 0 Å². The third-order valence-electron chi connectivity index (χ3n) is 6.15. The van der Waals surface area contributed by atoms with Gasteiger partial charge in [-0.1, -0.05) is 0 Å². The molecule has 0 spiro atoms. The Bertz CT molecular complexity index is 1280. The summed E-state index contributed by atoms with van der Waals surface area (Å²) in [6, 6.07) is 7.40. The lowest BCUT2D eigenvalue weighted by atomic mass is 10.0. The van der Waals surface area contributed by atoms with Crippen LogP contribution in [0.5, 0.6) is 0 Å². The monoisotopic (exact) mass is 442 g/mol. The smallest absolute Gasteiger partial charge is 0.254 e. The first-order valence-electron chi connectivity index (χ1n) is 10.5. The van der Waals surface area contributed by atoms with Crippen molar-refractivity contribution in [3.8, 4) is 11.3 Å². The quantitative estimate of drug-likeness (QED) is 0.622. The fraction of sp³-hybridized carbons (Fsp3) is 0.409. The van der Waals surface area contributed by atoms with Crippen LogP contribution in [0.1, 0.15) is 41.4 Å². The van der Waals surface area contributed by atoms with Crippen molar-refractivity contribution in [3.05, 3.63) is 47.4 Å². The maximum atomic E-state index is 13.5. The van der Waals surface area contributed by atoms with Crippen molar-refractivity contribution in [2.75, 3.05) is 24.6 Å². The number of benzene rings is 1. The molecule has 4 heterocycles. The van der Waals surface area contributed by atoms with E-state index in [4.69, 9.17) is 4.98 Å². The molecular weight excluding hydrogens is 419 g/mol. The zero-order chi connectivity index (χ0) is 21.8. The van der Waals surface area contributed by atoms with Gasteiger partial charge >= 0.3 is 0 Å². The van der Waals surface area contributed by atoms with E-state index >= 15 is 0 Å². The highest BCUT2D eigenvalue weighted by Crippen LogP contribution is 2.33. The number of carbonyl (C=O) groups excluding carboxylic acids is 1. The Morgan fingerprint density at radius 2 is 1.87 bits per heavy atom. The molecule has 3 aromatic rings. The zero-order valence-electron chi connectivity index (χ0n) is 17.2. The molecule has 2 fully saturated rings. The highest BCUT2D eigenvalue weighted by Gasteiger charge is 2.33. The van der Waals surface area contributed by atoms with Crippen molar-refractivity contribution < 1.29 is 17.6 Å². The lowest BCUT2D eigenvalue weighted by Crippen LogP contribution is -2.28. The SMILES string of the molecule is Cc1nn(C2CCS(=O)(=O)C2)c2nc(-c3ccc(F)cc3)cc(C(=O)N3CCCC3)c12. The maximum absolute atomic E-state index is 13.5. The van der Waals surface area contributed by atoms with Gasteiger partial charge in [-0.05, 0) is 56.5 Å². The van der Waals surface area contributed by atoms with Crippen LogP contribution in [0.25, 0.3) is 22.3 Å². The minimum Gasteiger partial charge on any atom is -0.339 e. The van der Waals surface area contributed by atoms with Gasteiger partial charge in [0.1, 0.15) is 5.82 Å². The highest BCUT2D eigenvalue weighted by molar-refractivity contribution is 7.91. The molecule has 1 unspecified atom stereocenters. The number of hydrogen-bond donors (Lipinski definition) is 0. The molecule has 1 atom stereocenters. The molecule has 7 nitrogen and oxygen atoms in total. The molecule has 0 saturated carbocycles. The zero-order valence-corrected chi connectivity index (χ0v) is 18.0. The second kappa shape index (κ2) is 7.40. The number of rotatable bonds is 3. The number of carbonyl (C=O) groups is 1. The van der Waals surface area contributed by atoms with Crippen molar-refractivity contribution in [1.82, 2.24) is 19.7 Å². The summed E-state index contributed by atoms with van der Waals surface area (Å²) >= 11 is 0. The third-order valence-corrected chi connectivity index (χ3v) is 7.91. The highest BCUT2D eigenvalue weighted by atomic mass is 32.2. The van der Waals surface area contributed by atoms with E-state index in [0.29, 0.717) is 53.1 Å². The summed E-state index contributed by atoms with van der Waals surface area (Å²) in [6.07, 6.45) is 2.42. The standard InChI is InChI=1S/C22H23FN4O3S/c1-14-20-18(22(28)26-9-2-3-10-26)12-19(15-4-6-16(23)7-5-15)24-21(20)27(25-14)17-8-11-31(29,30)13-17/h4-7,12,17H,2-3,8-11,13H2,1H3. The van der Waals surface area contributed by atoms with Gasteiger partial charge in [0.25, 0.3) is 5.91 Å². The Morgan fingerprint density at radius 3 is 2.52 bits per heavy atom. The molecule has 0 bridgehead atoms. The van der Waals surface area contributed by atoms with Crippen molar-refractivity contribution in [2.24, 2.45) is 0 Å². The summed E-state index contributed by atoms with van der Waals surface area (Å²) in [6.45, 7) is 3.24. The molecule has 31 heavy (non-hydrogen) atoms. The third kappa shape index (κ3) is 3.60. The van der Waals surface area contributed by atoms with Crippen LogP contribution in [0.4, 0.5) is 4.39 Å². The Kier molecular flexibility index (Phi) is 4.80. The molecule has 2 aromatic heterocycles. The lowest BCUT2D eigenvalue weighted by molar-refractivity contribution is 0.0794. The molecule has 9 heteroatoms. The van der Waals surface area contributed by atoms with E-state index in [1.165, 1.54) is 12.1 Å². The topological polar surface area (TPSA) is 85.2 Å². The van der Waals surface area contributed by atoms with E-state index in [9.17, 15) is 17.6 Å². The van der Waals surface area contributed by atoms with Gasteiger partial charge in [0.15, 0.2) is 15.5 Å². The van der Waals surface area contributed by atoms with Gasteiger partial charge in [-0.15, -0.1) is 0 Å². The first kappa shape index (κ1) is 20.1. The van der Waals surface area contributed by atoms with Crippen molar-refractivity contribution in [3.63, 3.8) is 0 Å². The van der Waals surface area contributed by atoms with Crippen molar-refractivity contribution in [2.45, 2.75) is 32.2 Å². The fourth-order valence-corrected chi connectivity index (χ4v) is 6.26. The number of nitrogens with zero attached hydrogens (tertiary/aromatic N) is 4. The Labute approximate surface area is 179 Å². The van der Waals surface area contributed by atoms with Gasteiger partial charge in [0.05, 0.1) is 39.9 Å². The molecule has 1 amide bonds. The molecule has 162 valence electrons. The van der Waals surface area contributed by atoms with Gasteiger partial charge in [-0.3, -0.25) is 4.79 Å². The second-order valence-electron chi connectivity index (χ2n) is 8.35. The minimum atomic E-state index is -3.12. The Balaban J connectivity index is 1.72. The predicted molar refractivity (Wildman–Crippen MR) is 115 cm³/mol. The first-order valence-corrected chi connectivity index (χ1v) is 12.3. The number of sulfone groups is 1. The fourth-order valence-electron chi connectivity index (χ4n) is 4.56. The number of pyridine rings is 1. The average molecular weight is 443 g/mol. The molecule has 0 radical (unpaired) electrons. The van der Waals surface area contributed by atoms with Crippen LogP contribution in [0.15, 0.2) is 30.3 Å². The van der Waals surface area contributed by atoms with E-state index in [-0.39, 0.29) is 29.3 Å². The van der Waals surface area contributed by atoms with Gasteiger partial charge in [-0.2, -0.15) is 5.10 Å². The summed E-state index contributed by atoms with van der Waals surface area (Å²) in [5, 5.41) is 5.27. The molecule has 2 aliphatic heterocycles. The average Bonchev–Trinajstić information content (AvgIpc) is 3.47. The van der Waals surface area contributed by atoms with Crippen LogP contribution in [-0.4, -0.2) is 58.6 Å². The number of halogens is 1. The number of likely N-dealkylation sites (tertiary alicyclic amines) is 1. The summed E-state index contributed by atoms with van der Waals surface area (Å²) in [5.74, 6) is -0.290. The number of aromatic nitrogens is 3. The maximum Gasteiger partial charge on any atom is 0.254 e. The minimum absolute atomic E-state index is 0.0150. The largest absolute Gasteiger partial charge is 0.339 e. The molecule has 2 aliphatic rings. The van der Waals surface area contributed by atoms with Crippen LogP contribution >= 0.6 is 0 Å².